The molecule has 1 aliphatic heterocycles. The Morgan fingerprint density at radius 1 is 1.20 bits per heavy atom. The molecular formula is C17H23NO6S. The molecule has 1 atom stereocenters. The van der Waals surface area contributed by atoms with Crippen LogP contribution in [0.1, 0.15) is 18.4 Å². The molecule has 0 aliphatic carbocycles. The molecule has 0 spiro atoms. The third-order valence-electron chi connectivity index (χ3n) is 4.17. The highest BCUT2D eigenvalue weighted by atomic mass is 32.2. The topological polar surface area (TPSA) is 94.1 Å². The van der Waals surface area contributed by atoms with E-state index in [9.17, 15) is 14.7 Å². The summed E-state index contributed by atoms with van der Waals surface area (Å²) in [5, 5.41) is 12.1. The highest BCUT2D eigenvalue weighted by Gasteiger charge is 2.43. The number of methoxy groups -OCH3 is 3. The van der Waals surface area contributed by atoms with Crippen molar-refractivity contribution >= 4 is 23.6 Å². The van der Waals surface area contributed by atoms with Crippen LogP contribution in [0.3, 0.4) is 0 Å². The Hall–Kier alpha value is -2.09. The number of nitrogens with one attached hydrogen (secondary N) is 1. The SMILES string of the molecule is COc1cc(CCC(=O)NC2(C(=O)O)CCSC2)cc(OC)c1OC. The predicted molar refractivity (Wildman–Crippen MR) is 94.9 cm³/mol. The average Bonchev–Trinajstić information content (AvgIpc) is 3.08. The van der Waals surface area contributed by atoms with Gasteiger partial charge in [0.25, 0.3) is 0 Å². The first-order valence-corrected chi connectivity index (χ1v) is 9.02. The lowest BCUT2D eigenvalue weighted by atomic mass is 9.98. The number of ether oxygens (including phenoxy) is 3. The second-order valence-corrected chi connectivity index (χ2v) is 6.88. The highest BCUT2D eigenvalue weighted by Crippen LogP contribution is 2.38. The zero-order valence-corrected chi connectivity index (χ0v) is 15.4. The molecule has 1 aromatic carbocycles. The minimum absolute atomic E-state index is 0.179. The van der Waals surface area contributed by atoms with E-state index in [0.29, 0.717) is 35.8 Å². The highest BCUT2D eigenvalue weighted by molar-refractivity contribution is 7.99. The van der Waals surface area contributed by atoms with E-state index in [1.54, 1.807) is 12.1 Å². The number of carbonyl (C=O) groups excluding carboxylic acids is 1. The molecule has 0 aromatic heterocycles. The van der Waals surface area contributed by atoms with Crippen LogP contribution in [0.4, 0.5) is 0 Å². The minimum atomic E-state index is -1.14. The van der Waals surface area contributed by atoms with Crippen LogP contribution in [0.5, 0.6) is 17.2 Å². The molecule has 1 heterocycles. The van der Waals surface area contributed by atoms with Gasteiger partial charge in [-0.25, -0.2) is 4.79 Å². The summed E-state index contributed by atoms with van der Waals surface area (Å²) in [4.78, 5) is 23.7. The van der Waals surface area contributed by atoms with E-state index in [2.05, 4.69) is 5.32 Å². The summed E-state index contributed by atoms with van der Waals surface area (Å²) in [5.74, 6) is 1.42. The molecule has 1 fully saturated rings. The van der Waals surface area contributed by atoms with E-state index >= 15 is 0 Å². The van der Waals surface area contributed by atoms with E-state index in [1.165, 1.54) is 33.1 Å². The maximum absolute atomic E-state index is 12.2. The van der Waals surface area contributed by atoms with Crippen LogP contribution in [-0.4, -0.2) is 55.4 Å². The van der Waals surface area contributed by atoms with Crippen molar-refractivity contribution in [2.24, 2.45) is 0 Å². The first-order valence-electron chi connectivity index (χ1n) is 7.87. The second-order valence-electron chi connectivity index (χ2n) is 5.77. The molecule has 1 saturated heterocycles. The molecule has 2 N–H and O–H groups in total. The van der Waals surface area contributed by atoms with Crippen LogP contribution in [0.2, 0.25) is 0 Å². The van der Waals surface area contributed by atoms with Crippen molar-refractivity contribution in [3.05, 3.63) is 17.7 Å². The summed E-state index contributed by atoms with van der Waals surface area (Å²) in [5.41, 5.74) is -0.299. The summed E-state index contributed by atoms with van der Waals surface area (Å²) in [6.07, 6.45) is 1.06. The lowest BCUT2D eigenvalue weighted by Crippen LogP contribution is -2.54. The fourth-order valence-corrected chi connectivity index (χ4v) is 4.08. The lowest BCUT2D eigenvalue weighted by Gasteiger charge is -2.24. The normalized spacial score (nSPS) is 19.3. The molecule has 2 rings (SSSR count). The summed E-state index contributed by atoms with van der Waals surface area (Å²) in [6.45, 7) is 0. The van der Waals surface area contributed by atoms with Crippen molar-refractivity contribution in [2.45, 2.75) is 24.8 Å². The van der Waals surface area contributed by atoms with Gasteiger partial charge in [0.2, 0.25) is 11.7 Å². The Morgan fingerprint density at radius 3 is 2.28 bits per heavy atom. The number of hydrogen-bond acceptors (Lipinski definition) is 6. The lowest BCUT2D eigenvalue weighted by molar-refractivity contribution is -0.146. The van der Waals surface area contributed by atoms with E-state index in [1.807, 2.05) is 0 Å². The van der Waals surface area contributed by atoms with E-state index < -0.39 is 11.5 Å². The first-order chi connectivity index (χ1) is 12.0. The third-order valence-corrected chi connectivity index (χ3v) is 5.36. The standard InChI is InChI=1S/C17H23NO6S/c1-22-12-8-11(9-13(23-2)15(12)24-3)4-5-14(19)18-17(16(20)21)6-7-25-10-17/h8-9H,4-7,10H2,1-3H3,(H,18,19)(H,20,21). The Bertz CT molecular complexity index is 617. The van der Waals surface area contributed by atoms with Gasteiger partial charge in [-0.15, -0.1) is 0 Å². The molecular weight excluding hydrogens is 346 g/mol. The summed E-state index contributed by atoms with van der Waals surface area (Å²) in [6, 6.07) is 3.57. The van der Waals surface area contributed by atoms with Gasteiger partial charge in [0.05, 0.1) is 21.3 Å². The predicted octanol–water partition coefficient (Wildman–Crippen LogP) is 1.72. The zero-order chi connectivity index (χ0) is 18.4. The van der Waals surface area contributed by atoms with Crippen molar-refractivity contribution in [3.63, 3.8) is 0 Å². The Morgan fingerprint density at radius 2 is 1.84 bits per heavy atom. The number of aliphatic carboxylic acids is 1. The fraction of sp³-hybridized carbons (Fsp3) is 0.529. The molecule has 138 valence electrons. The first kappa shape index (κ1) is 19.2. The number of aryl methyl sites for hydroxylation is 1. The maximum Gasteiger partial charge on any atom is 0.330 e. The molecule has 8 heteroatoms. The van der Waals surface area contributed by atoms with Gasteiger partial charge in [-0.1, -0.05) is 0 Å². The van der Waals surface area contributed by atoms with E-state index in [-0.39, 0.29) is 12.3 Å². The number of hydrogen-bond donors (Lipinski definition) is 2. The smallest absolute Gasteiger partial charge is 0.330 e. The van der Waals surface area contributed by atoms with Crippen LogP contribution in [0.25, 0.3) is 0 Å². The molecule has 25 heavy (non-hydrogen) atoms. The monoisotopic (exact) mass is 369 g/mol. The number of rotatable bonds is 8. The van der Waals surface area contributed by atoms with Crippen LogP contribution in [0.15, 0.2) is 12.1 Å². The largest absolute Gasteiger partial charge is 0.493 e. The number of thioether (sulfide) groups is 1. The van der Waals surface area contributed by atoms with E-state index in [0.717, 1.165) is 11.3 Å². The number of carbonyl (C=O) groups is 2. The molecule has 7 nitrogen and oxygen atoms in total. The molecule has 0 radical (unpaired) electrons. The van der Waals surface area contributed by atoms with Gasteiger partial charge in [0.15, 0.2) is 11.5 Å². The molecule has 0 bridgehead atoms. The summed E-state index contributed by atoms with van der Waals surface area (Å²) >= 11 is 1.54. The number of amides is 1. The quantitative estimate of drug-likeness (QED) is 0.720. The molecule has 1 amide bonds. The van der Waals surface area contributed by atoms with Crippen molar-refractivity contribution in [2.75, 3.05) is 32.8 Å². The van der Waals surface area contributed by atoms with Gasteiger partial charge in [-0.05, 0) is 36.3 Å². The Labute approximate surface area is 151 Å². The number of carboxylic acids is 1. The fourth-order valence-electron chi connectivity index (χ4n) is 2.75. The van der Waals surface area contributed by atoms with Crippen LogP contribution in [0, 0.1) is 0 Å². The average molecular weight is 369 g/mol. The Balaban J connectivity index is 2.05. The van der Waals surface area contributed by atoms with Gasteiger partial charge >= 0.3 is 5.97 Å². The van der Waals surface area contributed by atoms with Crippen LogP contribution < -0.4 is 19.5 Å². The van der Waals surface area contributed by atoms with Crippen LogP contribution in [-0.2, 0) is 16.0 Å². The molecule has 1 aliphatic rings. The second kappa shape index (κ2) is 8.33. The zero-order valence-electron chi connectivity index (χ0n) is 14.6. The van der Waals surface area contributed by atoms with Gasteiger partial charge in [0, 0.05) is 12.2 Å². The maximum atomic E-state index is 12.2. The summed E-state index contributed by atoms with van der Waals surface area (Å²) < 4.78 is 15.9. The number of carboxylic acid groups (broad SMARTS) is 1. The van der Waals surface area contributed by atoms with Crippen molar-refractivity contribution < 1.29 is 28.9 Å². The molecule has 1 aromatic rings. The van der Waals surface area contributed by atoms with Crippen molar-refractivity contribution in [3.8, 4) is 17.2 Å². The Kier molecular flexibility index (Phi) is 6.41. The third kappa shape index (κ3) is 4.31. The van der Waals surface area contributed by atoms with Gasteiger partial charge in [-0.2, -0.15) is 11.8 Å². The van der Waals surface area contributed by atoms with Crippen molar-refractivity contribution in [1.29, 1.82) is 0 Å². The molecule has 0 saturated carbocycles. The van der Waals surface area contributed by atoms with Gasteiger partial charge < -0.3 is 24.6 Å². The molecule has 1 unspecified atom stereocenters. The van der Waals surface area contributed by atoms with Crippen molar-refractivity contribution in [1.82, 2.24) is 5.32 Å². The van der Waals surface area contributed by atoms with Crippen LogP contribution >= 0.6 is 11.8 Å². The number of benzene rings is 1. The minimum Gasteiger partial charge on any atom is -0.493 e. The summed E-state index contributed by atoms with van der Waals surface area (Å²) in [7, 11) is 4.59. The van der Waals surface area contributed by atoms with E-state index in [4.69, 9.17) is 14.2 Å². The van der Waals surface area contributed by atoms with Gasteiger partial charge in [-0.3, -0.25) is 4.79 Å². The van der Waals surface area contributed by atoms with Gasteiger partial charge in [0.1, 0.15) is 5.54 Å².